The summed E-state index contributed by atoms with van der Waals surface area (Å²) in [4.78, 5) is 13.8. The van der Waals surface area contributed by atoms with Crippen molar-refractivity contribution in [2.75, 3.05) is 0 Å². The van der Waals surface area contributed by atoms with E-state index in [1.54, 1.807) is 0 Å². The highest BCUT2D eigenvalue weighted by atomic mass is 16.6. The molecule has 53 heavy (non-hydrogen) atoms. The SMILES string of the molecule is C/C(=C\Cc1c(C(=O)O[C@@H]2Cc3c(O)cc(O)cc3O[C@@H]2c2cc(O)c(O)c(O)c2)cc(O)c(O)c1O)CCCC(C)CCCC(C)CCCC(C)C. The molecule has 0 spiro atoms. The predicted molar refractivity (Wildman–Crippen MR) is 201 cm³/mol. The van der Waals surface area contributed by atoms with E-state index in [1.807, 2.05) is 13.0 Å². The van der Waals surface area contributed by atoms with Gasteiger partial charge in [0.2, 0.25) is 5.75 Å². The molecule has 11 nitrogen and oxygen atoms in total. The third-order valence-electron chi connectivity index (χ3n) is 10.2. The number of hydrogen-bond donors (Lipinski definition) is 8. The van der Waals surface area contributed by atoms with Crippen molar-refractivity contribution in [3.05, 3.63) is 64.2 Å². The molecule has 0 amide bonds. The fraction of sp³-hybridized carbons (Fsp3) is 0.500. The van der Waals surface area contributed by atoms with Gasteiger partial charge in [-0.25, -0.2) is 4.79 Å². The van der Waals surface area contributed by atoms with Crippen LogP contribution in [0.15, 0.2) is 42.0 Å². The Balaban J connectivity index is 1.45. The van der Waals surface area contributed by atoms with Crippen molar-refractivity contribution < 1.29 is 55.1 Å². The number of allylic oxidation sites excluding steroid dienone is 2. The van der Waals surface area contributed by atoms with Crippen LogP contribution in [-0.2, 0) is 17.6 Å². The number of ether oxygens (including phenoxy) is 2. The second-order valence-corrected chi connectivity index (χ2v) is 15.3. The number of rotatable bonds is 17. The molecule has 0 saturated carbocycles. The smallest absolute Gasteiger partial charge is 0.339 e. The lowest BCUT2D eigenvalue weighted by atomic mass is 9.91. The molecule has 11 heteroatoms. The number of aromatic hydroxyl groups is 8. The van der Waals surface area contributed by atoms with Crippen molar-refractivity contribution in [2.24, 2.45) is 17.8 Å². The molecule has 290 valence electrons. The molecule has 0 aliphatic carbocycles. The number of fused-ring (bicyclic) bond motifs is 1. The molecule has 3 aromatic rings. The third-order valence-corrected chi connectivity index (χ3v) is 10.2. The van der Waals surface area contributed by atoms with E-state index in [1.165, 1.54) is 44.6 Å². The zero-order chi connectivity index (χ0) is 39.0. The highest BCUT2D eigenvalue weighted by Crippen LogP contribution is 2.46. The number of esters is 1. The monoisotopic (exact) mass is 736 g/mol. The van der Waals surface area contributed by atoms with Gasteiger partial charge in [0.1, 0.15) is 23.4 Å². The molecular formula is C42H56O11. The standard InChI is InChI=1S/C42H56O11/c1-23(2)9-6-10-24(3)11-7-12-25(4)13-8-14-26(5)15-16-29-30(21-35(47)40(50)38(29)48)42(51)53-37-22-31-32(44)19-28(43)20-36(31)52-41(37)27-17-33(45)39(49)34(46)18-27/h15,17-21,23-25,37,41,43-50H,6-14,16,22H2,1-5H3/b26-15+/t24?,25?,37-,41-/m1/s1. The van der Waals surface area contributed by atoms with Crippen LogP contribution < -0.4 is 4.74 Å². The Morgan fingerprint density at radius 2 is 1.34 bits per heavy atom. The Kier molecular flexibility index (Phi) is 14.0. The normalized spacial score (nSPS) is 16.9. The van der Waals surface area contributed by atoms with Gasteiger partial charge < -0.3 is 50.3 Å². The fourth-order valence-electron chi connectivity index (χ4n) is 6.98. The maximum atomic E-state index is 13.8. The zero-order valence-electron chi connectivity index (χ0n) is 31.4. The summed E-state index contributed by atoms with van der Waals surface area (Å²) in [7, 11) is 0. The van der Waals surface area contributed by atoms with E-state index in [9.17, 15) is 45.6 Å². The van der Waals surface area contributed by atoms with E-state index in [0.29, 0.717) is 5.92 Å². The first-order valence-corrected chi connectivity index (χ1v) is 18.6. The van der Waals surface area contributed by atoms with E-state index < -0.39 is 52.7 Å². The van der Waals surface area contributed by atoms with Crippen LogP contribution in [0.1, 0.15) is 126 Å². The van der Waals surface area contributed by atoms with Gasteiger partial charge in [-0.05, 0) is 62.1 Å². The van der Waals surface area contributed by atoms with Gasteiger partial charge >= 0.3 is 5.97 Å². The van der Waals surface area contributed by atoms with Gasteiger partial charge in [0.15, 0.2) is 34.9 Å². The van der Waals surface area contributed by atoms with Crippen molar-refractivity contribution in [1.29, 1.82) is 0 Å². The van der Waals surface area contributed by atoms with Gasteiger partial charge in [0.05, 0.1) is 5.56 Å². The van der Waals surface area contributed by atoms with Crippen LogP contribution in [0.3, 0.4) is 0 Å². The molecule has 1 heterocycles. The van der Waals surface area contributed by atoms with Gasteiger partial charge in [0.25, 0.3) is 0 Å². The quantitative estimate of drug-likeness (QED) is 0.0374. The number of carbonyl (C=O) groups is 1. The third kappa shape index (κ3) is 10.8. The molecule has 4 rings (SSSR count). The Bertz CT molecular complexity index is 1740. The molecule has 4 atom stereocenters. The molecule has 1 aliphatic heterocycles. The summed E-state index contributed by atoms with van der Waals surface area (Å²) in [6, 6.07) is 5.58. The Hall–Kier alpha value is -4.93. The van der Waals surface area contributed by atoms with Crippen LogP contribution in [-0.4, -0.2) is 52.9 Å². The van der Waals surface area contributed by atoms with E-state index in [4.69, 9.17) is 9.47 Å². The minimum atomic E-state index is -1.22. The van der Waals surface area contributed by atoms with Gasteiger partial charge in [-0.15, -0.1) is 0 Å². The summed E-state index contributed by atoms with van der Waals surface area (Å²) >= 11 is 0. The second kappa shape index (κ2) is 18.2. The number of carbonyl (C=O) groups excluding carboxylic acids is 1. The Labute approximate surface area is 311 Å². The first-order chi connectivity index (χ1) is 25.0. The summed E-state index contributed by atoms with van der Waals surface area (Å²) in [6.07, 6.45) is 9.78. The molecule has 0 aromatic heterocycles. The van der Waals surface area contributed by atoms with Crippen LogP contribution >= 0.6 is 0 Å². The van der Waals surface area contributed by atoms with E-state index in [-0.39, 0.29) is 52.3 Å². The van der Waals surface area contributed by atoms with E-state index in [0.717, 1.165) is 60.9 Å². The van der Waals surface area contributed by atoms with Gasteiger partial charge in [-0.3, -0.25) is 0 Å². The Morgan fingerprint density at radius 3 is 1.96 bits per heavy atom. The summed E-state index contributed by atoms with van der Waals surface area (Å²) in [5, 5.41) is 82.5. The maximum absolute atomic E-state index is 13.8. The van der Waals surface area contributed by atoms with Crippen molar-refractivity contribution in [3.63, 3.8) is 0 Å². The van der Waals surface area contributed by atoms with E-state index >= 15 is 0 Å². The van der Waals surface area contributed by atoms with Crippen LogP contribution in [0.5, 0.6) is 51.7 Å². The van der Waals surface area contributed by atoms with Crippen LogP contribution in [0.2, 0.25) is 0 Å². The van der Waals surface area contributed by atoms with Crippen molar-refractivity contribution in [3.8, 4) is 51.7 Å². The highest BCUT2D eigenvalue weighted by Gasteiger charge is 2.38. The van der Waals surface area contributed by atoms with Crippen LogP contribution in [0.4, 0.5) is 0 Å². The first kappa shape index (κ1) is 40.8. The van der Waals surface area contributed by atoms with Crippen molar-refractivity contribution >= 4 is 5.97 Å². The number of hydrogen-bond acceptors (Lipinski definition) is 11. The molecule has 0 radical (unpaired) electrons. The molecule has 2 unspecified atom stereocenters. The second-order valence-electron chi connectivity index (χ2n) is 15.3. The molecule has 8 N–H and O–H groups in total. The number of benzene rings is 3. The lowest BCUT2D eigenvalue weighted by Gasteiger charge is -2.34. The summed E-state index contributed by atoms with van der Waals surface area (Å²) in [6.45, 7) is 11.2. The molecule has 0 fully saturated rings. The minimum absolute atomic E-state index is 0.0295. The zero-order valence-corrected chi connectivity index (χ0v) is 31.4. The van der Waals surface area contributed by atoms with Crippen LogP contribution in [0.25, 0.3) is 0 Å². The largest absolute Gasteiger partial charge is 0.508 e. The molecule has 3 aromatic carbocycles. The topological polar surface area (TPSA) is 197 Å². The minimum Gasteiger partial charge on any atom is -0.508 e. The fourth-order valence-corrected chi connectivity index (χ4v) is 6.98. The highest BCUT2D eigenvalue weighted by molar-refractivity contribution is 5.93. The number of phenols is 8. The molecule has 1 aliphatic rings. The summed E-state index contributed by atoms with van der Waals surface area (Å²) in [5.41, 5.74) is 1.15. The molecule has 0 saturated heterocycles. The average molecular weight is 737 g/mol. The number of phenolic OH excluding ortho intramolecular Hbond substituents is 8. The maximum Gasteiger partial charge on any atom is 0.339 e. The van der Waals surface area contributed by atoms with Crippen molar-refractivity contribution in [1.82, 2.24) is 0 Å². The lowest BCUT2D eigenvalue weighted by molar-refractivity contribution is -0.0190. The van der Waals surface area contributed by atoms with E-state index in [2.05, 4.69) is 27.7 Å². The predicted octanol–water partition coefficient (Wildman–Crippen LogP) is 9.16. The van der Waals surface area contributed by atoms with Crippen LogP contribution in [0, 0.1) is 17.8 Å². The van der Waals surface area contributed by atoms with Gasteiger partial charge in [0, 0.05) is 35.2 Å². The Morgan fingerprint density at radius 1 is 0.755 bits per heavy atom. The average Bonchev–Trinajstić information content (AvgIpc) is 3.08. The summed E-state index contributed by atoms with van der Waals surface area (Å²) in [5.74, 6) is -3.71. The van der Waals surface area contributed by atoms with Crippen molar-refractivity contribution in [2.45, 2.75) is 117 Å². The summed E-state index contributed by atoms with van der Waals surface area (Å²) < 4.78 is 11.9. The molecule has 0 bridgehead atoms. The van der Waals surface area contributed by atoms with Gasteiger partial charge in [-0.2, -0.15) is 0 Å². The lowest BCUT2D eigenvalue weighted by Crippen LogP contribution is -2.35. The van der Waals surface area contributed by atoms with Gasteiger partial charge in [-0.1, -0.05) is 84.3 Å². The first-order valence-electron chi connectivity index (χ1n) is 18.6. The molecular weight excluding hydrogens is 680 g/mol.